The van der Waals surface area contributed by atoms with Crippen LogP contribution in [-0.4, -0.2) is 0 Å². The van der Waals surface area contributed by atoms with E-state index in [1.165, 1.54) is 6.07 Å². The van der Waals surface area contributed by atoms with Crippen LogP contribution in [0.3, 0.4) is 0 Å². The molecule has 0 atom stereocenters. The molecule has 1 heterocycles. The standard InChI is InChI=1S/C8H4BrFN/c9-6-3-5-1-2-11-8(5)4-7(6)10/h1,3-4,11H/q+1. The van der Waals surface area contributed by atoms with Crippen molar-refractivity contribution in [3.63, 3.8) is 0 Å². The molecule has 3 heteroatoms. The van der Waals surface area contributed by atoms with E-state index in [0.29, 0.717) is 4.47 Å². The lowest BCUT2D eigenvalue weighted by Crippen LogP contribution is -1.86. The summed E-state index contributed by atoms with van der Waals surface area (Å²) in [5.74, 6) is -0.256. The molecule has 54 valence electrons. The Labute approximate surface area is 72.0 Å². The van der Waals surface area contributed by atoms with E-state index < -0.39 is 0 Å². The Morgan fingerprint density at radius 1 is 1.45 bits per heavy atom. The van der Waals surface area contributed by atoms with Gasteiger partial charge in [-0.25, -0.2) is 4.39 Å². The highest BCUT2D eigenvalue weighted by Gasteiger charge is 2.18. The minimum Gasteiger partial charge on any atom is -0.204 e. The van der Waals surface area contributed by atoms with E-state index in [1.807, 2.05) is 0 Å². The molecule has 0 spiro atoms. The molecule has 0 saturated heterocycles. The molecule has 1 aliphatic heterocycles. The largest absolute Gasteiger partial charge is 0.204 e. The maximum atomic E-state index is 12.8. The SMILES string of the molecule is Fc1cc2c(cc1Br)C=[C+]N2. The maximum Gasteiger partial charge on any atom is 0.201 e. The number of hydrogen-bond acceptors (Lipinski definition) is 1. The number of anilines is 1. The Hall–Kier alpha value is -0.920. The fraction of sp³-hybridized carbons (Fsp3) is 0. The van der Waals surface area contributed by atoms with Gasteiger partial charge in [-0.3, -0.25) is 0 Å². The molecule has 0 radical (unpaired) electrons. The van der Waals surface area contributed by atoms with E-state index in [2.05, 4.69) is 27.4 Å². The Kier molecular flexibility index (Phi) is 1.41. The zero-order valence-electron chi connectivity index (χ0n) is 5.49. The molecule has 0 aliphatic carbocycles. The molecular weight excluding hydrogens is 209 g/mol. The highest BCUT2D eigenvalue weighted by molar-refractivity contribution is 9.10. The van der Waals surface area contributed by atoms with E-state index in [4.69, 9.17) is 0 Å². The van der Waals surface area contributed by atoms with Gasteiger partial charge < -0.3 is 0 Å². The van der Waals surface area contributed by atoms with Crippen molar-refractivity contribution in [2.24, 2.45) is 0 Å². The summed E-state index contributed by atoms with van der Waals surface area (Å²) in [7, 11) is 0. The predicted octanol–water partition coefficient (Wildman–Crippen LogP) is 2.79. The molecule has 0 saturated carbocycles. The van der Waals surface area contributed by atoms with Gasteiger partial charge in [0.25, 0.3) is 0 Å². The fourth-order valence-electron chi connectivity index (χ4n) is 0.981. The molecular formula is C8H4BrFN+. The Bertz CT molecular complexity index is 333. The molecule has 1 N–H and O–H groups in total. The molecule has 1 aromatic rings. The van der Waals surface area contributed by atoms with Crippen LogP contribution in [0.25, 0.3) is 6.08 Å². The summed E-state index contributed by atoms with van der Waals surface area (Å²) >= 11 is 3.10. The summed E-state index contributed by atoms with van der Waals surface area (Å²) in [6, 6.07) is 3.16. The lowest BCUT2D eigenvalue weighted by molar-refractivity contribution is 0.621. The zero-order chi connectivity index (χ0) is 7.84. The molecule has 11 heavy (non-hydrogen) atoms. The van der Waals surface area contributed by atoms with Crippen molar-refractivity contribution in [1.29, 1.82) is 0 Å². The lowest BCUT2D eigenvalue weighted by atomic mass is 10.2. The van der Waals surface area contributed by atoms with Gasteiger partial charge in [0.2, 0.25) is 5.69 Å². The van der Waals surface area contributed by atoms with Gasteiger partial charge in [0.05, 0.1) is 10.5 Å². The summed E-state index contributed by atoms with van der Waals surface area (Å²) < 4.78 is 13.3. The number of rotatable bonds is 0. The second-order valence-electron chi connectivity index (χ2n) is 2.27. The van der Waals surface area contributed by atoms with E-state index in [9.17, 15) is 4.39 Å². The first-order valence-electron chi connectivity index (χ1n) is 3.11. The Balaban J connectivity index is 2.63. The quantitative estimate of drug-likeness (QED) is 0.653. The van der Waals surface area contributed by atoms with Gasteiger partial charge in [0, 0.05) is 6.07 Å². The zero-order valence-corrected chi connectivity index (χ0v) is 7.07. The van der Waals surface area contributed by atoms with Gasteiger partial charge in [-0.15, -0.1) is 0 Å². The van der Waals surface area contributed by atoms with E-state index in [-0.39, 0.29) is 5.82 Å². The van der Waals surface area contributed by atoms with Crippen LogP contribution in [-0.2, 0) is 0 Å². The van der Waals surface area contributed by atoms with Crippen LogP contribution < -0.4 is 5.32 Å². The van der Waals surface area contributed by atoms with Gasteiger partial charge in [0.1, 0.15) is 12.3 Å². The summed E-state index contributed by atoms with van der Waals surface area (Å²) in [5.41, 5.74) is 1.73. The van der Waals surface area contributed by atoms with Gasteiger partial charge in [-0.05, 0) is 15.9 Å². The van der Waals surface area contributed by atoms with Gasteiger partial charge in [-0.1, -0.05) is 0 Å². The average Bonchev–Trinajstić information content (AvgIpc) is 2.36. The molecule has 0 unspecified atom stereocenters. The molecule has 0 amide bonds. The number of fused-ring (bicyclic) bond motifs is 1. The highest BCUT2D eigenvalue weighted by atomic mass is 79.9. The van der Waals surface area contributed by atoms with Crippen LogP contribution in [0.1, 0.15) is 5.56 Å². The van der Waals surface area contributed by atoms with Crippen molar-refractivity contribution in [2.45, 2.75) is 0 Å². The Morgan fingerprint density at radius 2 is 2.27 bits per heavy atom. The number of nitrogens with one attached hydrogen (secondary N) is 1. The summed E-state index contributed by atoms with van der Waals surface area (Å²) in [6.45, 7) is 0. The van der Waals surface area contributed by atoms with Crippen molar-refractivity contribution < 1.29 is 4.39 Å². The van der Waals surface area contributed by atoms with E-state index >= 15 is 0 Å². The Morgan fingerprint density at radius 3 is 3.09 bits per heavy atom. The third-order valence-corrected chi connectivity index (χ3v) is 2.13. The smallest absolute Gasteiger partial charge is 0.201 e. The van der Waals surface area contributed by atoms with Crippen LogP contribution >= 0.6 is 15.9 Å². The molecule has 1 aromatic carbocycles. The number of hydrogen-bond donors (Lipinski definition) is 1. The van der Waals surface area contributed by atoms with Gasteiger partial charge >= 0.3 is 0 Å². The fourth-order valence-corrected chi connectivity index (χ4v) is 1.34. The first kappa shape index (κ1) is 6.77. The van der Waals surface area contributed by atoms with Crippen molar-refractivity contribution >= 4 is 27.7 Å². The van der Waals surface area contributed by atoms with E-state index in [0.717, 1.165) is 11.3 Å². The van der Waals surface area contributed by atoms with Crippen LogP contribution in [0.5, 0.6) is 0 Å². The summed E-state index contributed by atoms with van der Waals surface area (Å²) in [5, 5.41) is 2.80. The average molecular weight is 213 g/mol. The van der Waals surface area contributed by atoms with Crippen LogP contribution in [0.2, 0.25) is 0 Å². The van der Waals surface area contributed by atoms with Crippen molar-refractivity contribution in [1.82, 2.24) is 0 Å². The molecule has 1 nitrogen and oxygen atoms in total. The van der Waals surface area contributed by atoms with Crippen LogP contribution in [0, 0.1) is 12.0 Å². The maximum absolute atomic E-state index is 12.8. The normalized spacial score (nSPS) is 12.2. The predicted molar refractivity (Wildman–Crippen MR) is 45.4 cm³/mol. The van der Waals surface area contributed by atoms with Crippen molar-refractivity contribution in [2.75, 3.05) is 5.32 Å². The number of benzene rings is 1. The molecule has 0 bridgehead atoms. The minimum absolute atomic E-state index is 0.256. The van der Waals surface area contributed by atoms with Gasteiger partial charge in [0.15, 0.2) is 11.4 Å². The number of halogens is 2. The molecule has 2 rings (SSSR count). The summed E-state index contributed by atoms with van der Waals surface area (Å²) in [6.07, 6.45) is 4.56. The minimum atomic E-state index is -0.256. The van der Waals surface area contributed by atoms with Crippen LogP contribution in [0.15, 0.2) is 16.6 Å². The summed E-state index contributed by atoms with van der Waals surface area (Å²) in [4.78, 5) is 0. The van der Waals surface area contributed by atoms with E-state index in [1.54, 1.807) is 12.1 Å². The molecule has 0 fully saturated rings. The van der Waals surface area contributed by atoms with Gasteiger partial charge in [-0.2, -0.15) is 5.32 Å². The van der Waals surface area contributed by atoms with Crippen molar-refractivity contribution in [3.8, 4) is 0 Å². The molecule has 1 aliphatic rings. The first-order valence-corrected chi connectivity index (χ1v) is 3.90. The third-order valence-electron chi connectivity index (χ3n) is 1.53. The van der Waals surface area contributed by atoms with Crippen LogP contribution in [0.4, 0.5) is 10.1 Å². The highest BCUT2D eigenvalue weighted by Crippen LogP contribution is 2.28. The molecule has 0 aromatic heterocycles. The van der Waals surface area contributed by atoms with Crippen molar-refractivity contribution in [3.05, 3.63) is 34.2 Å². The topological polar surface area (TPSA) is 12.0 Å². The monoisotopic (exact) mass is 212 g/mol. The second-order valence-corrected chi connectivity index (χ2v) is 3.12. The second kappa shape index (κ2) is 2.29. The third kappa shape index (κ3) is 1.02. The first-order chi connectivity index (χ1) is 5.27. The lowest BCUT2D eigenvalue weighted by Gasteiger charge is -1.91.